The summed E-state index contributed by atoms with van der Waals surface area (Å²) in [4.78, 5) is 14.5. The van der Waals surface area contributed by atoms with Crippen LogP contribution in [0.15, 0.2) is 6.20 Å². The molecule has 0 aliphatic heterocycles. The van der Waals surface area contributed by atoms with Crippen LogP contribution in [0, 0.1) is 13.8 Å². The largest absolute Gasteiger partial charge is 0.383 e. The Balaban J connectivity index is 2.28. The van der Waals surface area contributed by atoms with Gasteiger partial charge in [-0.3, -0.25) is 0 Å². The number of nitrogens with zero attached hydrogens (tertiary/aromatic N) is 3. The highest BCUT2D eigenvalue weighted by Gasteiger charge is 2.15. The number of rotatable bonds is 4. The number of nitrogens with one attached hydrogen (secondary N) is 1. The molecule has 3 N–H and O–H groups in total. The van der Waals surface area contributed by atoms with Gasteiger partial charge in [0.25, 0.3) is 0 Å². The number of nitrogen functional groups attached to an aromatic ring is 1. The van der Waals surface area contributed by atoms with Crippen molar-refractivity contribution in [3.63, 3.8) is 0 Å². The Hall–Kier alpha value is -1.69. The predicted molar refractivity (Wildman–Crippen MR) is 84.2 cm³/mol. The predicted octanol–water partition coefficient (Wildman–Crippen LogP) is 3.43. The molecule has 0 fully saturated rings. The van der Waals surface area contributed by atoms with E-state index in [1.54, 1.807) is 11.3 Å². The second-order valence-corrected chi connectivity index (χ2v) is 6.54. The third-order valence-corrected chi connectivity index (χ3v) is 4.18. The lowest BCUT2D eigenvalue weighted by atomic mass is 10.2. The molecule has 6 heteroatoms. The summed E-state index contributed by atoms with van der Waals surface area (Å²) in [6, 6.07) is 0.0988. The first-order valence-corrected chi connectivity index (χ1v) is 7.53. The van der Waals surface area contributed by atoms with Gasteiger partial charge in [-0.25, -0.2) is 15.0 Å². The van der Waals surface area contributed by atoms with Crippen molar-refractivity contribution in [1.82, 2.24) is 15.0 Å². The zero-order valence-corrected chi connectivity index (χ0v) is 13.4. The number of aromatic nitrogens is 3. The molecule has 0 amide bonds. The van der Waals surface area contributed by atoms with Crippen LogP contribution in [-0.4, -0.2) is 15.0 Å². The molecule has 2 aromatic heterocycles. The number of hydrogen-bond acceptors (Lipinski definition) is 6. The maximum atomic E-state index is 5.97. The lowest BCUT2D eigenvalue weighted by Gasteiger charge is -2.16. The Morgan fingerprint density at radius 1 is 1.20 bits per heavy atom. The molecule has 2 rings (SSSR count). The van der Waals surface area contributed by atoms with E-state index in [1.807, 2.05) is 13.1 Å². The van der Waals surface area contributed by atoms with Crippen molar-refractivity contribution in [2.24, 2.45) is 0 Å². The highest BCUT2D eigenvalue weighted by Crippen LogP contribution is 2.26. The van der Waals surface area contributed by atoms with Crippen LogP contribution in [0.4, 0.5) is 11.6 Å². The first kappa shape index (κ1) is 14.7. The van der Waals surface area contributed by atoms with Crippen molar-refractivity contribution < 1.29 is 0 Å². The Morgan fingerprint density at radius 3 is 2.45 bits per heavy atom. The molecule has 0 aliphatic rings. The van der Waals surface area contributed by atoms with Gasteiger partial charge in [-0.15, -0.1) is 11.3 Å². The molecular formula is C14H21N5S. The van der Waals surface area contributed by atoms with Crippen molar-refractivity contribution in [2.45, 2.75) is 46.6 Å². The Kier molecular flexibility index (Phi) is 4.23. The lowest BCUT2D eigenvalue weighted by Crippen LogP contribution is -2.13. The molecule has 1 unspecified atom stereocenters. The van der Waals surface area contributed by atoms with Gasteiger partial charge in [0.2, 0.25) is 0 Å². The Labute approximate surface area is 123 Å². The molecule has 1 atom stereocenters. The maximum absolute atomic E-state index is 5.97. The summed E-state index contributed by atoms with van der Waals surface area (Å²) in [5.74, 6) is 2.34. The zero-order valence-electron chi connectivity index (χ0n) is 12.6. The lowest BCUT2D eigenvalue weighted by molar-refractivity contribution is 0.767. The van der Waals surface area contributed by atoms with Crippen molar-refractivity contribution >= 4 is 23.0 Å². The van der Waals surface area contributed by atoms with Crippen LogP contribution in [0.2, 0.25) is 0 Å². The number of nitrogens with two attached hydrogens (primary N) is 1. The first-order chi connectivity index (χ1) is 9.38. The minimum absolute atomic E-state index is 0.0988. The topological polar surface area (TPSA) is 76.7 Å². The van der Waals surface area contributed by atoms with Crippen molar-refractivity contribution in [3.8, 4) is 0 Å². The van der Waals surface area contributed by atoms with E-state index in [1.165, 1.54) is 4.88 Å². The fraction of sp³-hybridized carbons (Fsp3) is 0.500. The summed E-state index contributed by atoms with van der Waals surface area (Å²) in [6.45, 7) is 10.2. The maximum Gasteiger partial charge on any atom is 0.135 e. The van der Waals surface area contributed by atoms with E-state index in [4.69, 9.17) is 5.73 Å². The van der Waals surface area contributed by atoms with E-state index >= 15 is 0 Å². The summed E-state index contributed by atoms with van der Waals surface area (Å²) in [6.07, 6.45) is 1.89. The van der Waals surface area contributed by atoms with Crippen LogP contribution in [-0.2, 0) is 0 Å². The van der Waals surface area contributed by atoms with Gasteiger partial charge < -0.3 is 11.1 Å². The smallest absolute Gasteiger partial charge is 0.135 e. The average Bonchev–Trinajstić information content (AvgIpc) is 2.81. The van der Waals surface area contributed by atoms with Gasteiger partial charge in [0.15, 0.2) is 0 Å². The van der Waals surface area contributed by atoms with Crippen molar-refractivity contribution in [1.29, 1.82) is 0 Å². The highest BCUT2D eigenvalue weighted by atomic mass is 32.1. The Bertz CT molecular complexity index is 606. The summed E-state index contributed by atoms with van der Waals surface area (Å²) < 4.78 is 0. The third kappa shape index (κ3) is 3.07. The second kappa shape index (κ2) is 5.75. The molecule has 0 radical (unpaired) electrons. The highest BCUT2D eigenvalue weighted by molar-refractivity contribution is 7.11. The molecule has 2 aromatic rings. The molecule has 5 nitrogen and oxygen atoms in total. The molecule has 0 saturated carbocycles. The number of aryl methyl sites for hydroxylation is 1. The molecule has 2 heterocycles. The van der Waals surface area contributed by atoms with Crippen molar-refractivity contribution in [2.75, 3.05) is 11.1 Å². The molecule has 108 valence electrons. The van der Waals surface area contributed by atoms with Gasteiger partial charge >= 0.3 is 0 Å². The molecule has 0 saturated heterocycles. The normalized spacial score (nSPS) is 12.7. The van der Waals surface area contributed by atoms with Crippen LogP contribution < -0.4 is 11.1 Å². The van der Waals surface area contributed by atoms with Gasteiger partial charge in [-0.05, 0) is 20.8 Å². The first-order valence-electron chi connectivity index (χ1n) is 6.71. The SMILES string of the molecule is Cc1cnc(C(C)Nc2nc(C(C)C)nc(N)c2C)s1. The zero-order chi connectivity index (χ0) is 14.9. The fourth-order valence-corrected chi connectivity index (χ4v) is 2.57. The minimum atomic E-state index is 0.0988. The number of thiazole rings is 1. The van der Waals surface area contributed by atoms with Crippen LogP contribution in [0.3, 0.4) is 0 Å². The van der Waals surface area contributed by atoms with E-state index < -0.39 is 0 Å². The van der Waals surface area contributed by atoms with Crippen LogP contribution in [0.5, 0.6) is 0 Å². The second-order valence-electron chi connectivity index (χ2n) is 5.27. The minimum Gasteiger partial charge on any atom is -0.383 e. The fourth-order valence-electron chi connectivity index (χ4n) is 1.79. The number of anilines is 2. The monoisotopic (exact) mass is 291 g/mol. The summed E-state index contributed by atoms with van der Waals surface area (Å²) in [7, 11) is 0. The van der Waals surface area contributed by atoms with Crippen molar-refractivity contribution in [3.05, 3.63) is 27.5 Å². The summed E-state index contributed by atoms with van der Waals surface area (Å²) in [5.41, 5.74) is 6.86. The molecule has 0 aromatic carbocycles. The standard InChI is InChI=1S/C14H21N5S/c1-7(2)12-18-11(15)9(4)13(19-12)17-10(5)14-16-6-8(3)20-14/h6-7,10H,1-5H3,(H3,15,17,18,19). The van der Waals surface area contributed by atoms with Gasteiger partial charge in [-0.2, -0.15) is 0 Å². The van der Waals surface area contributed by atoms with E-state index in [9.17, 15) is 0 Å². The summed E-state index contributed by atoms with van der Waals surface area (Å²) in [5, 5.41) is 4.44. The quantitative estimate of drug-likeness (QED) is 0.902. The van der Waals surface area contributed by atoms with E-state index in [2.05, 4.69) is 48.0 Å². The molecule has 0 aliphatic carbocycles. The molecule has 0 bridgehead atoms. The van der Waals surface area contributed by atoms with Gasteiger partial charge in [0.05, 0.1) is 6.04 Å². The molecule has 20 heavy (non-hydrogen) atoms. The van der Waals surface area contributed by atoms with E-state index in [0.717, 1.165) is 22.2 Å². The van der Waals surface area contributed by atoms with Crippen LogP contribution in [0.25, 0.3) is 0 Å². The Morgan fingerprint density at radius 2 is 1.90 bits per heavy atom. The summed E-state index contributed by atoms with van der Waals surface area (Å²) >= 11 is 1.69. The molecule has 0 spiro atoms. The van der Waals surface area contributed by atoms with E-state index in [-0.39, 0.29) is 12.0 Å². The van der Waals surface area contributed by atoms with E-state index in [0.29, 0.717) is 5.82 Å². The van der Waals surface area contributed by atoms with Crippen LogP contribution >= 0.6 is 11.3 Å². The van der Waals surface area contributed by atoms with Gasteiger partial charge in [-0.1, -0.05) is 13.8 Å². The average molecular weight is 291 g/mol. The third-order valence-electron chi connectivity index (χ3n) is 3.08. The number of hydrogen-bond donors (Lipinski definition) is 2. The van der Waals surface area contributed by atoms with Crippen LogP contribution in [0.1, 0.15) is 54.0 Å². The molecular weight excluding hydrogens is 270 g/mol. The van der Waals surface area contributed by atoms with Gasteiger partial charge in [0.1, 0.15) is 22.5 Å². The van der Waals surface area contributed by atoms with Gasteiger partial charge in [0, 0.05) is 22.6 Å².